The molecule has 1 aromatic rings. The third-order valence-electron chi connectivity index (χ3n) is 6.63. The molecule has 1 N–H and O–H groups in total. The minimum atomic E-state index is -0.404. The van der Waals surface area contributed by atoms with Gasteiger partial charge in [0.05, 0.1) is 23.8 Å². The molecule has 2 saturated heterocycles. The van der Waals surface area contributed by atoms with Crippen LogP contribution < -0.4 is 5.32 Å². The van der Waals surface area contributed by atoms with Gasteiger partial charge in [0, 0.05) is 52.0 Å². The number of aryl methyl sites for hydroxylation is 2. The first-order valence-electron chi connectivity index (χ1n) is 10.5. The molecule has 1 atom stereocenters. The van der Waals surface area contributed by atoms with E-state index >= 15 is 0 Å². The molecule has 0 spiro atoms. The minimum Gasteiger partial charge on any atom is -0.381 e. The van der Waals surface area contributed by atoms with Crippen LogP contribution in [0.1, 0.15) is 42.6 Å². The lowest BCUT2D eigenvalue weighted by molar-refractivity contribution is -0.138. The van der Waals surface area contributed by atoms with Crippen molar-refractivity contribution < 1.29 is 19.1 Å². The second kappa shape index (κ2) is 9.26. The number of hydrogen-bond acceptors (Lipinski definition) is 5. The molecule has 29 heavy (non-hydrogen) atoms. The Morgan fingerprint density at radius 2 is 2.00 bits per heavy atom. The van der Waals surface area contributed by atoms with E-state index < -0.39 is 5.60 Å². The largest absolute Gasteiger partial charge is 0.381 e. The topological polar surface area (TPSA) is 85.7 Å². The van der Waals surface area contributed by atoms with E-state index in [1.807, 2.05) is 23.4 Å². The first-order chi connectivity index (χ1) is 13.8. The zero-order valence-corrected chi connectivity index (χ0v) is 18.1. The van der Waals surface area contributed by atoms with Crippen LogP contribution in [0.15, 0.2) is 0 Å². The molecule has 8 heteroatoms. The molecular weight excluding hydrogens is 372 g/mol. The van der Waals surface area contributed by atoms with Gasteiger partial charge in [0.1, 0.15) is 0 Å². The molecule has 2 aliphatic rings. The van der Waals surface area contributed by atoms with Gasteiger partial charge in [-0.25, -0.2) is 0 Å². The number of likely N-dealkylation sites (tertiary alicyclic amines) is 1. The number of nitrogens with zero attached hydrogens (tertiary/aromatic N) is 3. The van der Waals surface area contributed by atoms with Crippen molar-refractivity contribution in [2.75, 3.05) is 40.0 Å². The Kier molecular flexibility index (Phi) is 6.95. The summed E-state index contributed by atoms with van der Waals surface area (Å²) in [7, 11) is 1.69. The van der Waals surface area contributed by atoms with Gasteiger partial charge in [-0.3, -0.25) is 14.3 Å². The Labute approximate surface area is 172 Å². The van der Waals surface area contributed by atoms with E-state index in [1.54, 1.807) is 7.11 Å². The Hall–Kier alpha value is -1.93. The fourth-order valence-electron chi connectivity index (χ4n) is 4.11. The van der Waals surface area contributed by atoms with E-state index in [0.717, 1.165) is 30.7 Å². The minimum absolute atomic E-state index is 0.0395. The molecule has 8 nitrogen and oxygen atoms in total. The van der Waals surface area contributed by atoms with Gasteiger partial charge in [0.25, 0.3) is 0 Å². The van der Waals surface area contributed by atoms with Crippen LogP contribution >= 0.6 is 0 Å². The number of piperidine rings is 1. The Morgan fingerprint density at radius 3 is 2.55 bits per heavy atom. The van der Waals surface area contributed by atoms with Crippen molar-refractivity contribution in [2.45, 2.75) is 58.6 Å². The van der Waals surface area contributed by atoms with Gasteiger partial charge in [-0.05, 0) is 45.6 Å². The number of carbonyl (C=O) groups is 2. The number of hydrogen-bond donors (Lipinski definition) is 1. The highest BCUT2D eigenvalue weighted by molar-refractivity contribution is 5.79. The zero-order chi connectivity index (χ0) is 21.0. The van der Waals surface area contributed by atoms with E-state index in [2.05, 4.69) is 17.3 Å². The van der Waals surface area contributed by atoms with E-state index in [-0.39, 0.29) is 17.7 Å². The lowest BCUT2D eigenvalue weighted by Gasteiger charge is -2.41. The molecule has 2 fully saturated rings. The first-order valence-corrected chi connectivity index (χ1v) is 10.5. The molecule has 2 amide bonds. The lowest BCUT2D eigenvalue weighted by atomic mass is 9.90. The number of amides is 2. The number of ether oxygens (including phenoxy) is 2. The van der Waals surface area contributed by atoms with E-state index in [1.165, 1.54) is 5.56 Å². The van der Waals surface area contributed by atoms with Gasteiger partial charge in [0.15, 0.2) is 0 Å². The van der Waals surface area contributed by atoms with E-state index in [0.29, 0.717) is 45.8 Å². The van der Waals surface area contributed by atoms with Crippen LogP contribution in [-0.2, 0) is 25.6 Å². The molecule has 1 aromatic heterocycles. The number of carbonyl (C=O) groups excluding carboxylic acids is 2. The van der Waals surface area contributed by atoms with Crippen LogP contribution in [0.4, 0.5) is 0 Å². The number of nitrogens with one attached hydrogen (secondary N) is 1. The third-order valence-corrected chi connectivity index (χ3v) is 6.63. The molecule has 162 valence electrons. The van der Waals surface area contributed by atoms with Crippen molar-refractivity contribution in [1.82, 2.24) is 20.0 Å². The predicted octanol–water partition coefficient (Wildman–Crippen LogP) is 1.36. The first kappa shape index (κ1) is 21.8. The van der Waals surface area contributed by atoms with Gasteiger partial charge in [-0.1, -0.05) is 0 Å². The van der Waals surface area contributed by atoms with Crippen LogP contribution in [0.5, 0.6) is 0 Å². The van der Waals surface area contributed by atoms with Crippen LogP contribution in [0.25, 0.3) is 0 Å². The highest BCUT2D eigenvalue weighted by atomic mass is 16.5. The van der Waals surface area contributed by atoms with Gasteiger partial charge >= 0.3 is 0 Å². The number of aromatic nitrogens is 2. The van der Waals surface area contributed by atoms with Crippen LogP contribution in [-0.4, -0.2) is 72.1 Å². The second-order valence-corrected chi connectivity index (χ2v) is 8.32. The summed E-state index contributed by atoms with van der Waals surface area (Å²) in [4.78, 5) is 26.9. The van der Waals surface area contributed by atoms with Gasteiger partial charge in [-0.2, -0.15) is 5.10 Å². The maximum atomic E-state index is 12.7. The summed E-state index contributed by atoms with van der Waals surface area (Å²) in [5, 5.41) is 7.55. The molecule has 3 heterocycles. The SMILES string of the molecule is COC1(CNC(=O)C2CCOC2)CCN(C(=O)CCn2nc(C)c(C)c2C)CC1. The summed E-state index contributed by atoms with van der Waals surface area (Å²) in [5.74, 6) is 0.133. The molecule has 1 unspecified atom stereocenters. The van der Waals surface area contributed by atoms with Crippen molar-refractivity contribution in [3.8, 4) is 0 Å². The number of rotatable bonds is 7. The standard InChI is InChI=1S/C21H34N4O4/c1-15-16(2)23-25(17(15)3)9-5-19(26)24-10-7-21(28-4,8-11-24)14-22-20(27)18-6-12-29-13-18/h18H,5-14H2,1-4H3,(H,22,27). The fraction of sp³-hybridized carbons (Fsp3) is 0.762. The molecule has 0 aromatic carbocycles. The molecule has 0 saturated carbocycles. The molecule has 0 bridgehead atoms. The molecule has 2 aliphatic heterocycles. The second-order valence-electron chi connectivity index (χ2n) is 8.32. The normalized spacial score (nSPS) is 21.4. The molecule has 3 rings (SSSR count). The van der Waals surface area contributed by atoms with Gasteiger partial charge < -0.3 is 19.7 Å². The lowest BCUT2D eigenvalue weighted by Crippen LogP contribution is -2.53. The Bertz CT molecular complexity index is 731. The van der Waals surface area contributed by atoms with Crippen molar-refractivity contribution in [1.29, 1.82) is 0 Å². The fourth-order valence-corrected chi connectivity index (χ4v) is 4.11. The van der Waals surface area contributed by atoms with Crippen LogP contribution in [0, 0.1) is 26.7 Å². The maximum absolute atomic E-state index is 12.7. The summed E-state index contributed by atoms with van der Waals surface area (Å²) in [6.07, 6.45) is 2.66. The monoisotopic (exact) mass is 406 g/mol. The van der Waals surface area contributed by atoms with Crippen molar-refractivity contribution in [3.63, 3.8) is 0 Å². The Morgan fingerprint density at radius 1 is 1.28 bits per heavy atom. The average molecular weight is 407 g/mol. The smallest absolute Gasteiger partial charge is 0.225 e. The molecular formula is C21H34N4O4. The highest BCUT2D eigenvalue weighted by Gasteiger charge is 2.37. The third kappa shape index (κ3) is 4.98. The quantitative estimate of drug-likeness (QED) is 0.739. The zero-order valence-electron chi connectivity index (χ0n) is 18.1. The molecule has 0 radical (unpaired) electrons. The average Bonchev–Trinajstić information content (AvgIpc) is 3.36. The van der Waals surface area contributed by atoms with E-state index in [9.17, 15) is 9.59 Å². The summed E-state index contributed by atoms with van der Waals surface area (Å²) in [5.41, 5.74) is 2.92. The van der Waals surface area contributed by atoms with Crippen LogP contribution in [0.2, 0.25) is 0 Å². The maximum Gasteiger partial charge on any atom is 0.225 e. The summed E-state index contributed by atoms with van der Waals surface area (Å²) in [6, 6.07) is 0. The van der Waals surface area contributed by atoms with Gasteiger partial charge in [0.2, 0.25) is 11.8 Å². The van der Waals surface area contributed by atoms with Crippen LogP contribution in [0.3, 0.4) is 0 Å². The summed E-state index contributed by atoms with van der Waals surface area (Å²) >= 11 is 0. The highest BCUT2D eigenvalue weighted by Crippen LogP contribution is 2.26. The van der Waals surface area contributed by atoms with E-state index in [4.69, 9.17) is 9.47 Å². The van der Waals surface area contributed by atoms with Gasteiger partial charge in [-0.15, -0.1) is 0 Å². The van der Waals surface area contributed by atoms with Crippen molar-refractivity contribution in [2.24, 2.45) is 5.92 Å². The Balaban J connectivity index is 1.46. The predicted molar refractivity (Wildman–Crippen MR) is 109 cm³/mol. The number of methoxy groups -OCH3 is 1. The van der Waals surface area contributed by atoms with Crippen molar-refractivity contribution in [3.05, 3.63) is 17.0 Å². The van der Waals surface area contributed by atoms with Crippen molar-refractivity contribution >= 4 is 11.8 Å². The summed E-state index contributed by atoms with van der Waals surface area (Å²) in [6.45, 7) is 9.62. The summed E-state index contributed by atoms with van der Waals surface area (Å²) < 4.78 is 13.0. The molecule has 0 aliphatic carbocycles.